The van der Waals surface area contributed by atoms with Gasteiger partial charge < -0.3 is 10.4 Å². The first-order valence-corrected chi connectivity index (χ1v) is 6.73. The van der Waals surface area contributed by atoms with E-state index in [1.165, 1.54) is 6.07 Å². The summed E-state index contributed by atoms with van der Waals surface area (Å²) in [5.41, 5.74) is 0.380. The van der Waals surface area contributed by atoms with E-state index in [0.29, 0.717) is 28.5 Å². The van der Waals surface area contributed by atoms with Crippen molar-refractivity contribution in [3.8, 4) is 0 Å². The van der Waals surface area contributed by atoms with Crippen LogP contribution in [0, 0.1) is 5.92 Å². The summed E-state index contributed by atoms with van der Waals surface area (Å²) in [5.74, 6) is -1.69. The average Bonchev–Trinajstić information content (AvgIpc) is 2.80. The predicted octanol–water partition coefficient (Wildman–Crippen LogP) is 2.98. The van der Waals surface area contributed by atoms with Crippen molar-refractivity contribution in [3.05, 3.63) is 33.8 Å². The van der Waals surface area contributed by atoms with Crippen molar-refractivity contribution in [1.82, 2.24) is 5.32 Å². The number of carboxylic acids is 1. The lowest BCUT2D eigenvalue weighted by Gasteiger charge is -2.17. The van der Waals surface area contributed by atoms with Crippen molar-refractivity contribution in [2.24, 2.45) is 5.92 Å². The molecule has 0 saturated heterocycles. The number of hydrogen-bond acceptors (Lipinski definition) is 2. The molecule has 0 aliphatic heterocycles. The molecule has 0 spiro atoms. The van der Waals surface area contributed by atoms with Gasteiger partial charge in [0.15, 0.2) is 0 Å². The molecule has 1 saturated carbocycles. The van der Waals surface area contributed by atoms with Gasteiger partial charge in [-0.05, 0) is 31.0 Å². The van der Waals surface area contributed by atoms with Crippen molar-refractivity contribution in [1.29, 1.82) is 0 Å². The van der Waals surface area contributed by atoms with Crippen LogP contribution < -0.4 is 5.32 Å². The van der Waals surface area contributed by atoms with Gasteiger partial charge in [0.25, 0.3) is 5.91 Å². The van der Waals surface area contributed by atoms with E-state index < -0.39 is 11.9 Å². The van der Waals surface area contributed by atoms with E-state index in [9.17, 15) is 9.59 Å². The van der Waals surface area contributed by atoms with Crippen LogP contribution >= 0.6 is 23.2 Å². The van der Waals surface area contributed by atoms with Crippen LogP contribution in [0.15, 0.2) is 18.2 Å². The first kappa shape index (κ1) is 14.2. The number of nitrogens with one attached hydrogen (secondary N) is 1. The van der Waals surface area contributed by atoms with Gasteiger partial charge in [-0.15, -0.1) is 0 Å². The standard InChI is InChI=1S/C13H13Cl2NO3/c14-9-5-4-7(6-10(9)15)12(17)16-11-3-1-2-8(11)13(18)19/h4-6,8,11H,1-3H2,(H,16,17)(H,18,19). The highest BCUT2D eigenvalue weighted by atomic mass is 35.5. The molecule has 1 aromatic rings. The third-order valence-corrected chi connectivity index (χ3v) is 4.07. The average molecular weight is 302 g/mol. The van der Waals surface area contributed by atoms with E-state index in [4.69, 9.17) is 28.3 Å². The Labute approximate surface area is 120 Å². The minimum atomic E-state index is -0.864. The summed E-state index contributed by atoms with van der Waals surface area (Å²) >= 11 is 11.6. The van der Waals surface area contributed by atoms with E-state index in [-0.39, 0.29) is 11.9 Å². The molecule has 1 fully saturated rings. The Morgan fingerprint density at radius 3 is 2.58 bits per heavy atom. The number of carbonyl (C=O) groups is 2. The molecule has 0 radical (unpaired) electrons. The minimum Gasteiger partial charge on any atom is -0.481 e. The Morgan fingerprint density at radius 1 is 1.21 bits per heavy atom. The molecule has 1 aromatic carbocycles. The smallest absolute Gasteiger partial charge is 0.308 e. The van der Waals surface area contributed by atoms with Crippen LogP contribution in [0.25, 0.3) is 0 Å². The third-order valence-electron chi connectivity index (χ3n) is 3.33. The fourth-order valence-corrected chi connectivity index (χ4v) is 2.62. The molecule has 1 aliphatic carbocycles. The van der Waals surface area contributed by atoms with Gasteiger partial charge in [0.1, 0.15) is 0 Å². The number of benzene rings is 1. The SMILES string of the molecule is O=C(NC1CCCC1C(=O)O)c1ccc(Cl)c(Cl)c1. The van der Waals surface area contributed by atoms with Gasteiger partial charge in [0.2, 0.25) is 0 Å². The molecular formula is C13H13Cl2NO3. The van der Waals surface area contributed by atoms with Crippen LogP contribution in [0.1, 0.15) is 29.6 Å². The Bertz CT molecular complexity index is 519. The molecule has 0 heterocycles. The number of carboxylic acid groups (broad SMARTS) is 1. The lowest BCUT2D eigenvalue weighted by atomic mass is 10.0. The second-order valence-corrected chi connectivity index (χ2v) is 5.40. The molecule has 2 rings (SSSR count). The number of amides is 1. The van der Waals surface area contributed by atoms with Crippen LogP contribution in [0.2, 0.25) is 10.0 Å². The topological polar surface area (TPSA) is 66.4 Å². The van der Waals surface area contributed by atoms with E-state index in [2.05, 4.69) is 5.32 Å². The van der Waals surface area contributed by atoms with Gasteiger partial charge >= 0.3 is 5.97 Å². The molecule has 19 heavy (non-hydrogen) atoms. The van der Waals surface area contributed by atoms with Gasteiger partial charge in [-0.1, -0.05) is 29.6 Å². The van der Waals surface area contributed by atoms with Crippen molar-refractivity contribution < 1.29 is 14.7 Å². The van der Waals surface area contributed by atoms with Crippen LogP contribution in [-0.2, 0) is 4.79 Å². The van der Waals surface area contributed by atoms with Crippen molar-refractivity contribution in [2.75, 3.05) is 0 Å². The highest BCUT2D eigenvalue weighted by molar-refractivity contribution is 6.42. The summed E-state index contributed by atoms with van der Waals surface area (Å²) in [7, 11) is 0. The third kappa shape index (κ3) is 3.19. The highest BCUT2D eigenvalue weighted by Crippen LogP contribution is 2.27. The lowest BCUT2D eigenvalue weighted by molar-refractivity contribution is -0.142. The molecule has 0 bridgehead atoms. The fraction of sp³-hybridized carbons (Fsp3) is 0.385. The summed E-state index contributed by atoms with van der Waals surface area (Å²) in [5, 5.41) is 12.5. The molecule has 2 atom stereocenters. The summed E-state index contributed by atoms with van der Waals surface area (Å²) in [6.07, 6.45) is 2.09. The zero-order valence-electron chi connectivity index (χ0n) is 10.0. The van der Waals surface area contributed by atoms with E-state index in [0.717, 1.165) is 6.42 Å². The normalized spacial score (nSPS) is 22.2. The summed E-state index contributed by atoms with van der Waals surface area (Å²) in [4.78, 5) is 23.1. The van der Waals surface area contributed by atoms with Crippen molar-refractivity contribution >= 4 is 35.1 Å². The molecule has 6 heteroatoms. The monoisotopic (exact) mass is 301 g/mol. The van der Waals surface area contributed by atoms with Crippen LogP contribution in [0.3, 0.4) is 0 Å². The van der Waals surface area contributed by atoms with Gasteiger partial charge in [-0.25, -0.2) is 0 Å². The van der Waals surface area contributed by atoms with Crippen LogP contribution in [0.4, 0.5) is 0 Å². The Hall–Kier alpha value is -1.26. The van der Waals surface area contributed by atoms with Gasteiger partial charge in [0, 0.05) is 11.6 Å². The van der Waals surface area contributed by atoms with Crippen molar-refractivity contribution in [3.63, 3.8) is 0 Å². The lowest BCUT2D eigenvalue weighted by Crippen LogP contribution is -2.40. The first-order chi connectivity index (χ1) is 8.99. The van der Waals surface area contributed by atoms with E-state index >= 15 is 0 Å². The number of halogens is 2. The highest BCUT2D eigenvalue weighted by Gasteiger charge is 2.34. The molecular weight excluding hydrogens is 289 g/mol. The minimum absolute atomic E-state index is 0.301. The fourth-order valence-electron chi connectivity index (χ4n) is 2.32. The maximum absolute atomic E-state index is 12.0. The number of aliphatic carboxylic acids is 1. The van der Waals surface area contributed by atoms with Crippen LogP contribution in [-0.4, -0.2) is 23.0 Å². The second-order valence-electron chi connectivity index (χ2n) is 4.58. The summed E-state index contributed by atoms with van der Waals surface area (Å²) in [6.45, 7) is 0. The van der Waals surface area contributed by atoms with Gasteiger partial charge in [0.05, 0.1) is 16.0 Å². The van der Waals surface area contributed by atoms with E-state index in [1.54, 1.807) is 12.1 Å². The van der Waals surface area contributed by atoms with E-state index in [1.807, 2.05) is 0 Å². The predicted molar refractivity (Wildman–Crippen MR) is 72.7 cm³/mol. The first-order valence-electron chi connectivity index (χ1n) is 5.98. The maximum Gasteiger partial charge on any atom is 0.308 e. The zero-order chi connectivity index (χ0) is 14.0. The summed E-state index contributed by atoms with van der Waals surface area (Å²) in [6, 6.07) is 4.26. The number of hydrogen-bond donors (Lipinski definition) is 2. The maximum atomic E-state index is 12.0. The van der Waals surface area contributed by atoms with Crippen molar-refractivity contribution in [2.45, 2.75) is 25.3 Å². The molecule has 2 unspecified atom stereocenters. The Balaban J connectivity index is 2.08. The number of carbonyl (C=O) groups excluding carboxylic acids is 1. The van der Waals surface area contributed by atoms with Gasteiger partial charge in [-0.3, -0.25) is 9.59 Å². The van der Waals surface area contributed by atoms with Crippen LogP contribution in [0.5, 0.6) is 0 Å². The summed E-state index contributed by atoms with van der Waals surface area (Å²) < 4.78 is 0. The molecule has 102 valence electrons. The number of rotatable bonds is 3. The molecule has 1 aliphatic rings. The molecule has 0 aromatic heterocycles. The molecule has 4 nitrogen and oxygen atoms in total. The quantitative estimate of drug-likeness (QED) is 0.902. The largest absolute Gasteiger partial charge is 0.481 e. The Kier molecular flexibility index (Phi) is 4.32. The zero-order valence-corrected chi connectivity index (χ0v) is 11.5. The Morgan fingerprint density at radius 2 is 1.95 bits per heavy atom. The van der Waals surface area contributed by atoms with Gasteiger partial charge in [-0.2, -0.15) is 0 Å². The molecule has 1 amide bonds. The molecule has 2 N–H and O–H groups in total. The second kappa shape index (κ2) is 5.80.